The third-order valence-electron chi connectivity index (χ3n) is 3.53. The molecule has 0 aliphatic heterocycles. The molecule has 7 heteroatoms. The van der Waals surface area contributed by atoms with Crippen molar-refractivity contribution in [3.8, 4) is 0 Å². The van der Waals surface area contributed by atoms with E-state index in [0.29, 0.717) is 20.9 Å². The van der Waals surface area contributed by atoms with E-state index in [1.54, 1.807) is 37.3 Å². The number of para-hydroxylation sites is 1. The average Bonchev–Trinajstić information content (AvgIpc) is 2.91. The van der Waals surface area contributed by atoms with E-state index < -0.39 is 6.04 Å². The second-order valence-electron chi connectivity index (χ2n) is 5.18. The molecule has 0 saturated heterocycles. The Bertz CT molecular complexity index is 948. The van der Waals surface area contributed by atoms with Gasteiger partial charge in [0.2, 0.25) is 5.91 Å². The van der Waals surface area contributed by atoms with Crippen LogP contribution in [0.3, 0.4) is 0 Å². The molecule has 2 aromatic heterocycles. The van der Waals surface area contributed by atoms with E-state index in [0.717, 1.165) is 4.88 Å². The van der Waals surface area contributed by atoms with Crippen molar-refractivity contribution in [1.82, 2.24) is 9.55 Å². The Labute approximate surface area is 141 Å². The standard InChI is InChI=1S/C16H14ClN3O2S/c1-9-7-11-15(23-9)18-8-20(16(11)22)10(2)14(21)19-13-6-4-3-5-12(13)17/h3-8,10H,1-2H3,(H,19,21)/t10-/m1/s1. The number of carbonyl (C=O) groups excluding carboxylic acids is 1. The van der Waals surface area contributed by atoms with Crippen LogP contribution in [-0.4, -0.2) is 15.5 Å². The van der Waals surface area contributed by atoms with Gasteiger partial charge in [-0.25, -0.2) is 4.98 Å². The molecule has 0 bridgehead atoms. The molecule has 0 spiro atoms. The second kappa shape index (κ2) is 6.14. The smallest absolute Gasteiger partial charge is 0.262 e. The van der Waals surface area contributed by atoms with Crippen LogP contribution in [0.5, 0.6) is 0 Å². The molecular weight excluding hydrogens is 334 g/mol. The van der Waals surface area contributed by atoms with Gasteiger partial charge in [0.05, 0.1) is 22.4 Å². The first kappa shape index (κ1) is 15.7. The molecule has 0 fully saturated rings. The summed E-state index contributed by atoms with van der Waals surface area (Å²) in [6.45, 7) is 3.57. The van der Waals surface area contributed by atoms with Crippen molar-refractivity contribution < 1.29 is 4.79 Å². The number of aromatic nitrogens is 2. The van der Waals surface area contributed by atoms with Gasteiger partial charge in [-0.1, -0.05) is 23.7 Å². The molecule has 5 nitrogen and oxygen atoms in total. The minimum atomic E-state index is -0.698. The summed E-state index contributed by atoms with van der Waals surface area (Å²) >= 11 is 7.49. The highest BCUT2D eigenvalue weighted by molar-refractivity contribution is 7.18. The zero-order chi connectivity index (χ0) is 16.6. The summed E-state index contributed by atoms with van der Waals surface area (Å²) in [6.07, 6.45) is 1.41. The molecule has 23 heavy (non-hydrogen) atoms. The van der Waals surface area contributed by atoms with Gasteiger partial charge in [0, 0.05) is 4.88 Å². The van der Waals surface area contributed by atoms with Crippen molar-refractivity contribution in [2.45, 2.75) is 19.9 Å². The minimum Gasteiger partial charge on any atom is -0.323 e. The minimum absolute atomic E-state index is 0.221. The van der Waals surface area contributed by atoms with Gasteiger partial charge in [-0.2, -0.15) is 0 Å². The molecule has 118 valence electrons. The van der Waals surface area contributed by atoms with Crippen LogP contribution >= 0.6 is 22.9 Å². The lowest BCUT2D eigenvalue weighted by Crippen LogP contribution is -2.31. The van der Waals surface area contributed by atoms with Crippen LogP contribution in [0.2, 0.25) is 5.02 Å². The van der Waals surface area contributed by atoms with Crippen LogP contribution < -0.4 is 10.9 Å². The Morgan fingerprint density at radius 2 is 2.13 bits per heavy atom. The monoisotopic (exact) mass is 347 g/mol. The van der Waals surface area contributed by atoms with Crippen molar-refractivity contribution in [1.29, 1.82) is 0 Å². The van der Waals surface area contributed by atoms with E-state index in [9.17, 15) is 9.59 Å². The predicted octanol–water partition coefficient (Wildman–Crippen LogP) is 3.62. The maximum atomic E-state index is 12.5. The normalized spacial score (nSPS) is 12.3. The van der Waals surface area contributed by atoms with Crippen LogP contribution in [0.25, 0.3) is 10.2 Å². The van der Waals surface area contributed by atoms with E-state index in [-0.39, 0.29) is 11.5 Å². The molecule has 1 amide bonds. The van der Waals surface area contributed by atoms with Crippen LogP contribution in [0.1, 0.15) is 17.8 Å². The SMILES string of the molecule is Cc1cc2c(=O)n([C@H](C)C(=O)Nc3ccccc3Cl)cnc2s1. The van der Waals surface area contributed by atoms with Crippen molar-refractivity contribution in [2.75, 3.05) is 5.32 Å². The highest BCUT2D eigenvalue weighted by Gasteiger charge is 2.19. The Hall–Kier alpha value is -2.18. The van der Waals surface area contributed by atoms with Gasteiger partial charge in [0.1, 0.15) is 10.9 Å². The molecule has 2 heterocycles. The van der Waals surface area contributed by atoms with Gasteiger partial charge in [-0.15, -0.1) is 11.3 Å². The van der Waals surface area contributed by atoms with Gasteiger partial charge in [-0.3, -0.25) is 14.2 Å². The summed E-state index contributed by atoms with van der Waals surface area (Å²) in [4.78, 5) is 30.9. The van der Waals surface area contributed by atoms with Crippen LogP contribution in [0.4, 0.5) is 5.69 Å². The molecule has 1 aromatic carbocycles. The Kier molecular flexibility index (Phi) is 4.19. The number of halogens is 1. The third-order valence-corrected chi connectivity index (χ3v) is 4.82. The maximum absolute atomic E-state index is 12.5. The summed E-state index contributed by atoms with van der Waals surface area (Å²) in [5.41, 5.74) is 0.292. The Morgan fingerprint density at radius 3 is 2.87 bits per heavy atom. The first-order valence-electron chi connectivity index (χ1n) is 7.00. The number of hydrogen-bond acceptors (Lipinski definition) is 4. The number of carbonyl (C=O) groups is 1. The molecule has 1 N–H and O–H groups in total. The number of amides is 1. The van der Waals surface area contributed by atoms with Gasteiger partial charge in [0.15, 0.2) is 0 Å². The first-order chi connectivity index (χ1) is 11.0. The summed E-state index contributed by atoms with van der Waals surface area (Å²) in [5, 5.41) is 3.71. The summed E-state index contributed by atoms with van der Waals surface area (Å²) in [5.74, 6) is -0.326. The van der Waals surface area contributed by atoms with E-state index in [1.807, 2.05) is 6.92 Å². The van der Waals surface area contributed by atoms with Crippen LogP contribution in [0.15, 0.2) is 41.5 Å². The number of anilines is 1. The van der Waals surface area contributed by atoms with Crippen LogP contribution in [0, 0.1) is 6.92 Å². The number of rotatable bonds is 3. The molecule has 0 aliphatic carbocycles. The average molecular weight is 348 g/mol. The summed E-state index contributed by atoms with van der Waals surface area (Å²) in [7, 11) is 0. The molecule has 3 rings (SSSR count). The fraction of sp³-hybridized carbons (Fsp3) is 0.188. The zero-order valence-corrected chi connectivity index (χ0v) is 14.1. The predicted molar refractivity (Wildman–Crippen MR) is 93.4 cm³/mol. The van der Waals surface area contributed by atoms with Crippen molar-refractivity contribution >= 4 is 44.7 Å². The molecule has 1 atom stereocenters. The number of hydrogen-bond donors (Lipinski definition) is 1. The van der Waals surface area contributed by atoms with Gasteiger partial charge in [0.25, 0.3) is 5.56 Å². The molecule has 0 unspecified atom stereocenters. The molecular formula is C16H14ClN3O2S. The van der Waals surface area contributed by atoms with Gasteiger partial charge in [-0.05, 0) is 32.0 Å². The number of thiophene rings is 1. The number of nitrogens with zero attached hydrogens (tertiary/aromatic N) is 2. The molecule has 0 aliphatic rings. The number of nitrogens with one attached hydrogen (secondary N) is 1. The number of fused-ring (bicyclic) bond motifs is 1. The number of benzene rings is 1. The molecule has 3 aromatic rings. The quantitative estimate of drug-likeness (QED) is 0.787. The Balaban J connectivity index is 1.92. The lowest BCUT2D eigenvalue weighted by molar-refractivity contribution is -0.118. The second-order valence-corrected chi connectivity index (χ2v) is 6.82. The third kappa shape index (κ3) is 3.00. The van der Waals surface area contributed by atoms with E-state index in [2.05, 4.69) is 10.3 Å². The first-order valence-corrected chi connectivity index (χ1v) is 8.19. The number of aryl methyl sites for hydroxylation is 1. The van der Waals surface area contributed by atoms with E-state index in [1.165, 1.54) is 22.2 Å². The lowest BCUT2D eigenvalue weighted by Gasteiger charge is -2.15. The van der Waals surface area contributed by atoms with E-state index >= 15 is 0 Å². The largest absolute Gasteiger partial charge is 0.323 e. The topological polar surface area (TPSA) is 64.0 Å². The Morgan fingerprint density at radius 1 is 1.39 bits per heavy atom. The van der Waals surface area contributed by atoms with Crippen molar-refractivity contribution in [3.63, 3.8) is 0 Å². The summed E-state index contributed by atoms with van der Waals surface area (Å²) < 4.78 is 1.33. The highest BCUT2D eigenvalue weighted by atomic mass is 35.5. The van der Waals surface area contributed by atoms with Crippen molar-refractivity contribution in [2.24, 2.45) is 0 Å². The lowest BCUT2D eigenvalue weighted by atomic mass is 10.2. The van der Waals surface area contributed by atoms with Crippen LogP contribution in [-0.2, 0) is 4.79 Å². The fourth-order valence-electron chi connectivity index (χ4n) is 2.26. The van der Waals surface area contributed by atoms with Gasteiger partial charge < -0.3 is 5.32 Å². The van der Waals surface area contributed by atoms with Crippen molar-refractivity contribution in [3.05, 3.63) is 56.9 Å². The zero-order valence-electron chi connectivity index (χ0n) is 12.5. The molecule has 0 radical (unpaired) electrons. The summed E-state index contributed by atoms with van der Waals surface area (Å²) in [6, 6.07) is 8.05. The van der Waals surface area contributed by atoms with Gasteiger partial charge >= 0.3 is 0 Å². The molecule has 0 saturated carbocycles. The van der Waals surface area contributed by atoms with E-state index in [4.69, 9.17) is 11.6 Å². The maximum Gasteiger partial charge on any atom is 0.262 e. The fourth-order valence-corrected chi connectivity index (χ4v) is 3.28. The highest BCUT2D eigenvalue weighted by Crippen LogP contribution is 2.22.